The topological polar surface area (TPSA) is 79.4 Å². The van der Waals surface area contributed by atoms with Crippen LogP contribution in [0.1, 0.15) is 17.3 Å². The minimum atomic E-state index is -0.679. The number of aromatic nitrogens is 1. The highest BCUT2D eigenvalue weighted by molar-refractivity contribution is 6.11. The smallest absolute Gasteiger partial charge is 0.255 e. The second-order valence-corrected chi connectivity index (χ2v) is 4.90. The van der Waals surface area contributed by atoms with Crippen LogP contribution in [0.25, 0.3) is 10.9 Å². The molecule has 1 unspecified atom stereocenters. The Morgan fingerprint density at radius 3 is 2.90 bits per heavy atom. The van der Waals surface area contributed by atoms with Gasteiger partial charge in [0.2, 0.25) is 11.8 Å². The number of hydrogen-bond acceptors (Lipinski definition) is 4. The summed E-state index contributed by atoms with van der Waals surface area (Å²) in [5.41, 5.74) is 1.14. The Kier molecular flexibility index (Phi) is 3.13. The van der Waals surface area contributed by atoms with Crippen molar-refractivity contribution in [2.45, 2.75) is 13.0 Å². The summed E-state index contributed by atoms with van der Waals surface area (Å²) >= 11 is 0. The first-order chi connectivity index (χ1) is 10.1. The van der Waals surface area contributed by atoms with Gasteiger partial charge < -0.3 is 4.90 Å². The molecule has 1 fully saturated rings. The molecule has 1 N–H and O–H groups in total. The van der Waals surface area contributed by atoms with Crippen LogP contribution in [-0.2, 0) is 9.59 Å². The van der Waals surface area contributed by atoms with Gasteiger partial charge in [-0.05, 0) is 25.1 Å². The van der Waals surface area contributed by atoms with Crippen LogP contribution >= 0.6 is 0 Å². The molecule has 2 aromatic rings. The van der Waals surface area contributed by atoms with Crippen molar-refractivity contribution >= 4 is 28.6 Å². The molecule has 3 amide bonds. The highest BCUT2D eigenvalue weighted by Gasteiger charge is 2.34. The molecule has 3 rings (SSSR count). The monoisotopic (exact) mass is 283 g/mol. The van der Waals surface area contributed by atoms with Crippen molar-refractivity contribution in [1.82, 2.24) is 15.2 Å². The Morgan fingerprint density at radius 1 is 1.29 bits per heavy atom. The largest absolute Gasteiger partial charge is 0.318 e. The van der Waals surface area contributed by atoms with Gasteiger partial charge in [0.05, 0.1) is 5.52 Å². The molecule has 2 heterocycles. The predicted molar refractivity (Wildman–Crippen MR) is 75.4 cm³/mol. The Balaban J connectivity index is 2.04. The number of carbonyl (C=O) groups is 3. The average Bonchev–Trinajstić information content (AvgIpc) is 2.49. The normalized spacial score (nSPS) is 18.7. The summed E-state index contributed by atoms with van der Waals surface area (Å²) in [5, 5.41) is 2.92. The van der Waals surface area contributed by atoms with Crippen molar-refractivity contribution in [1.29, 1.82) is 0 Å². The highest BCUT2D eigenvalue weighted by Crippen LogP contribution is 2.20. The molecule has 21 heavy (non-hydrogen) atoms. The van der Waals surface area contributed by atoms with Gasteiger partial charge in [-0.15, -0.1) is 0 Å². The first-order valence-electron chi connectivity index (χ1n) is 6.56. The number of fused-ring (bicyclic) bond motifs is 1. The molecule has 0 saturated carbocycles. The van der Waals surface area contributed by atoms with E-state index in [4.69, 9.17) is 0 Å². The zero-order valence-corrected chi connectivity index (χ0v) is 11.4. The third-order valence-corrected chi connectivity index (χ3v) is 3.56. The molecule has 0 spiro atoms. The Bertz CT molecular complexity index is 751. The molecule has 0 bridgehead atoms. The molecule has 1 atom stereocenters. The minimum Gasteiger partial charge on any atom is -0.318 e. The molecular weight excluding hydrogens is 270 g/mol. The molecular formula is C15H13N3O3. The van der Waals surface area contributed by atoms with E-state index in [2.05, 4.69) is 10.3 Å². The number of pyridine rings is 1. The Labute approximate surface area is 120 Å². The molecule has 0 radical (unpaired) electrons. The standard InChI is InChI=1S/C15H13N3O3/c1-9-14(20)17-13(19)8-18(9)15(21)11-4-2-6-12-10(11)5-3-7-16-12/h2-7,9H,8H2,1H3,(H,17,19,20). The molecule has 106 valence electrons. The van der Waals surface area contributed by atoms with Crippen molar-refractivity contribution in [3.05, 3.63) is 42.1 Å². The molecule has 1 aromatic carbocycles. The summed E-state index contributed by atoms with van der Waals surface area (Å²) in [5.74, 6) is -1.27. The van der Waals surface area contributed by atoms with E-state index in [0.717, 1.165) is 0 Å². The fraction of sp³-hybridized carbons (Fsp3) is 0.200. The minimum absolute atomic E-state index is 0.123. The van der Waals surface area contributed by atoms with Crippen molar-refractivity contribution in [3.8, 4) is 0 Å². The summed E-state index contributed by atoms with van der Waals surface area (Å²) in [6.45, 7) is 1.48. The van der Waals surface area contributed by atoms with Gasteiger partial charge in [-0.1, -0.05) is 12.1 Å². The second-order valence-electron chi connectivity index (χ2n) is 4.90. The van der Waals surface area contributed by atoms with Gasteiger partial charge >= 0.3 is 0 Å². The molecule has 1 aliphatic heterocycles. The van der Waals surface area contributed by atoms with Gasteiger partial charge in [-0.3, -0.25) is 24.7 Å². The van der Waals surface area contributed by atoms with Crippen LogP contribution in [0.15, 0.2) is 36.5 Å². The van der Waals surface area contributed by atoms with Crippen LogP contribution in [0.4, 0.5) is 0 Å². The zero-order chi connectivity index (χ0) is 15.0. The fourth-order valence-corrected chi connectivity index (χ4v) is 2.41. The number of nitrogens with zero attached hydrogens (tertiary/aromatic N) is 2. The maximum Gasteiger partial charge on any atom is 0.255 e. The molecule has 0 aliphatic carbocycles. The lowest BCUT2D eigenvalue weighted by molar-refractivity contribution is -0.138. The van der Waals surface area contributed by atoms with Crippen LogP contribution < -0.4 is 5.32 Å². The van der Waals surface area contributed by atoms with E-state index in [1.54, 1.807) is 37.4 Å². The summed E-state index contributed by atoms with van der Waals surface area (Å²) in [7, 11) is 0. The SMILES string of the molecule is CC1C(=O)NC(=O)CN1C(=O)c1cccc2ncccc12. The van der Waals surface area contributed by atoms with Crippen LogP contribution in [0.2, 0.25) is 0 Å². The lowest BCUT2D eigenvalue weighted by Gasteiger charge is -2.31. The molecule has 6 nitrogen and oxygen atoms in total. The van der Waals surface area contributed by atoms with Gasteiger partial charge in [-0.25, -0.2) is 0 Å². The van der Waals surface area contributed by atoms with Gasteiger partial charge in [0.15, 0.2) is 0 Å². The number of nitrogens with one attached hydrogen (secondary N) is 1. The van der Waals surface area contributed by atoms with Crippen molar-refractivity contribution in [3.63, 3.8) is 0 Å². The summed E-state index contributed by atoms with van der Waals surface area (Å²) in [6.07, 6.45) is 1.65. The van der Waals surface area contributed by atoms with E-state index in [-0.39, 0.29) is 12.5 Å². The fourth-order valence-electron chi connectivity index (χ4n) is 2.41. The lowest BCUT2D eigenvalue weighted by Crippen LogP contribution is -2.58. The Morgan fingerprint density at radius 2 is 2.10 bits per heavy atom. The van der Waals surface area contributed by atoms with Gasteiger partial charge in [0.25, 0.3) is 5.91 Å². The number of piperazine rings is 1. The predicted octanol–water partition coefficient (Wildman–Crippen LogP) is 0.722. The van der Waals surface area contributed by atoms with Crippen molar-refractivity contribution in [2.75, 3.05) is 6.54 Å². The Hall–Kier alpha value is -2.76. The third-order valence-electron chi connectivity index (χ3n) is 3.56. The van der Waals surface area contributed by atoms with Crippen LogP contribution in [0.3, 0.4) is 0 Å². The van der Waals surface area contributed by atoms with E-state index in [1.807, 2.05) is 6.07 Å². The van der Waals surface area contributed by atoms with Gasteiger partial charge in [-0.2, -0.15) is 0 Å². The van der Waals surface area contributed by atoms with Gasteiger partial charge in [0.1, 0.15) is 12.6 Å². The van der Waals surface area contributed by atoms with Gasteiger partial charge in [0, 0.05) is 17.1 Å². The maximum atomic E-state index is 12.7. The summed E-state index contributed by atoms with van der Waals surface area (Å²) in [6, 6.07) is 8.09. The molecule has 1 saturated heterocycles. The molecule has 6 heteroatoms. The van der Waals surface area contributed by atoms with E-state index < -0.39 is 17.9 Å². The highest BCUT2D eigenvalue weighted by atomic mass is 16.2. The number of hydrogen-bond donors (Lipinski definition) is 1. The second kappa shape index (κ2) is 4.97. The average molecular weight is 283 g/mol. The van der Waals surface area contributed by atoms with Crippen molar-refractivity contribution in [2.24, 2.45) is 0 Å². The number of amides is 3. The quantitative estimate of drug-likeness (QED) is 0.782. The maximum absolute atomic E-state index is 12.7. The summed E-state index contributed by atoms with van der Waals surface area (Å²) < 4.78 is 0. The molecule has 1 aromatic heterocycles. The van der Waals surface area contributed by atoms with E-state index >= 15 is 0 Å². The number of benzene rings is 1. The molecule has 1 aliphatic rings. The van der Waals surface area contributed by atoms with E-state index in [1.165, 1.54) is 4.90 Å². The third kappa shape index (κ3) is 2.24. The summed E-state index contributed by atoms with van der Waals surface area (Å²) in [4.78, 5) is 41.3. The van der Waals surface area contributed by atoms with Crippen LogP contribution in [-0.4, -0.2) is 40.2 Å². The lowest BCUT2D eigenvalue weighted by atomic mass is 10.1. The first kappa shape index (κ1) is 13.2. The first-order valence-corrected chi connectivity index (χ1v) is 6.56. The number of carbonyl (C=O) groups excluding carboxylic acids is 3. The number of rotatable bonds is 1. The van der Waals surface area contributed by atoms with Crippen LogP contribution in [0, 0.1) is 0 Å². The van der Waals surface area contributed by atoms with E-state index in [0.29, 0.717) is 16.5 Å². The van der Waals surface area contributed by atoms with Crippen LogP contribution in [0.5, 0.6) is 0 Å². The number of imide groups is 1. The van der Waals surface area contributed by atoms with E-state index in [9.17, 15) is 14.4 Å². The zero-order valence-electron chi connectivity index (χ0n) is 11.4. The van der Waals surface area contributed by atoms with Crippen molar-refractivity contribution < 1.29 is 14.4 Å².